The van der Waals surface area contributed by atoms with Gasteiger partial charge in [-0.2, -0.15) is 0 Å². The van der Waals surface area contributed by atoms with Crippen LogP contribution >= 0.6 is 27.3 Å². The van der Waals surface area contributed by atoms with Gasteiger partial charge in [-0.1, -0.05) is 39.4 Å². The van der Waals surface area contributed by atoms with Crippen LogP contribution < -0.4 is 19.8 Å². The second-order valence-corrected chi connectivity index (χ2v) is 7.86. The molecule has 7 nitrogen and oxygen atoms in total. The summed E-state index contributed by atoms with van der Waals surface area (Å²) in [6.07, 6.45) is 1.67. The number of nitrogens with zero attached hydrogens (tertiary/aromatic N) is 4. The van der Waals surface area contributed by atoms with Crippen LogP contribution in [0.3, 0.4) is 0 Å². The summed E-state index contributed by atoms with van der Waals surface area (Å²) in [6.45, 7) is 0.885. The molecule has 1 aromatic heterocycles. The summed E-state index contributed by atoms with van der Waals surface area (Å²) in [5.41, 5.74) is 1.45. The molecule has 0 radical (unpaired) electrons. The molecule has 9 heteroatoms. The Morgan fingerprint density at radius 2 is 2.00 bits per heavy atom. The van der Waals surface area contributed by atoms with E-state index < -0.39 is 4.92 Å². The van der Waals surface area contributed by atoms with Gasteiger partial charge in [0.2, 0.25) is 0 Å². The maximum Gasteiger partial charge on any atom is 0.271 e. The van der Waals surface area contributed by atoms with Crippen molar-refractivity contribution in [3.05, 3.63) is 88.4 Å². The van der Waals surface area contributed by atoms with Crippen molar-refractivity contribution in [2.24, 2.45) is 4.99 Å². The van der Waals surface area contributed by atoms with Crippen molar-refractivity contribution < 1.29 is 4.92 Å². The lowest BCUT2D eigenvalue weighted by atomic mass is 10.2. The quantitative estimate of drug-likeness (QED) is 0.458. The van der Waals surface area contributed by atoms with E-state index in [-0.39, 0.29) is 11.2 Å². The maximum absolute atomic E-state index is 12.8. The monoisotopic (exact) mass is 444 g/mol. The van der Waals surface area contributed by atoms with Crippen LogP contribution in [0.15, 0.2) is 62.8 Å². The Balaban J connectivity index is 1.70. The third-order valence-corrected chi connectivity index (χ3v) is 5.72. The topological polar surface area (TPSA) is 80.7 Å². The second kappa shape index (κ2) is 7.09. The van der Waals surface area contributed by atoms with Crippen LogP contribution in [0.5, 0.6) is 0 Å². The van der Waals surface area contributed by atoms with Crippen LogP contribution in [0.25, 0.3) is 6.08 Å². The third kappa shape index (κ3) is 3.56. The van der Waals surface area contributed by atoms with Crippen LogP contribution in [0, 0.1) is 10.1 Å². The Bertz CT molecular complexity index is 1200. The Kier molecular flexibility index (Phi) is 4.63. The summed E-state index contributed by atoms with van der Waals surface area (Å²) in [4.78, 5) is 30.4. The van der Waals surface area contributed by atoms with Gasteiger partial charge in [-0.15, -0.1) is 0 Å². The normalized spacial score (nSPS) is 14.0. The highest BCUT2D eigenvalue weighted by Gasteiger charge is 2.16. The van der Waals surface area contributed by atoms with Gasteiger partial charge in [0.15, 0.2) is 4.80 Å². The first-order valence-corrected chi connectivity index (χ1v) is 9.63. The Hall–Kier alpha value is -2.78. The largest absolute Gasteiger partial charge is 0.334 e. The molecular weight excluding hydrogens is 432 g/mol. The van der Waals surface area contributed by atoms with E-state index in [0.717, 1.165) is 10.2 Å². The van der Waals surface area contributed by atoms with E-state index in [0.29, 0.717) is 28.2 Å². The minimum atomic E-state index is -0.449. The first kappa shape index (κ1) is 17.6. The van der Waals surface area contributed by atoms with Crippen LogP contribution in [0.4, 0.5) is 11.4 Å². The highest BCUT2D eigenvalue weighted by Crippen LogP contribution is 2.19. The van der Waals surface area contributed by atoms with E-state index in [2.05, 4.69) is 20.9 Å². The highest BCUT2D eigenvalue weighted by molar-refractivity contribution is 9.10. The van der Waals surface area contributed by atoms with Crippen molar-refractivity contribution in [2.45, 2.75) is 6.67 Å². The van der Waals surface area contributed by atoms with E-state index in [1.165, 1.54) is 23.5 Å². The van der Waals surface area contributed by atoms with E-state index in [1.807, 2.05) is 29.2 Å². The van der Waals surface area contributed by atoms with Crippen LogP contribution in [-0.2, 0) is 6.67 Å². The molecule has 0 unspecified atom stereocenters. The molecule has 0 bridgehead atoms. The molecule has 2 aromatic carbocycles. The first-order valence-electron chi connectivity index (χ1n) is 8.02. The van der Waals surface area contributed by atoms with Gasteiger partial charge in [0.1, 0.15) is 13.3 Å². The molecule has 0 amide bonds. The lowest BCUT2D eigenvalue weighted by Crippen LogP contribution is -2.42. The Labute approximate surface area is 165 Å². The van der Waals surface area contributed by atoms with Gasteiger partial charge >= 0.3 is 0 Å². The molecule has 3 aromatic rings. The minimum absolute atomic E-state index is 0.00345. The van der Waals surface area contributed by atoms with Crippen LogP contribution in [0.2, 0.25) is 0 Å². The summed E-state index contributed by atoms with van der Waals surface area (Å²) in [5.74, 6) is 0. The third-order valence-electron chi connectivity index (χ3n) is 4.15. The molecule has 0 saturated heterocycles. The van der Waals surface area contributed by atoms with Gasteiger partial charge < -0.3 is 4.90 Å². The fourth-order valence-corrected chi connectivity index (χ4v) is 4.03. The van der Waals surface area contributed by atoms with Crippen LogP contribution in [-0.4, -0.2) is 16.2 Å². The molecule has 136 valence electrons. The Morgan fingerprint density at radius 1 is 1.22 bits per heavy atom. The van der Waals surface area contributed by atoms with Gasteiger partial charge in [0.05, 0.1) is 9.46 Å². The van der Waals surface area contributed by atoms with E-state index in [4.69, 9.17) is 0 Å². The fourth-order valence-electron chi connectivity index (χ4n) is 2.81. The number of rotatable bonds is 3. The molecule has 0 saturated carbocycles. The number of thiazole rings is 1. The fraction of sp³-hybridized carbons (Fsp3) is 0.111. The average molecular weight is 445 g/mol. The molecule has 0 spiro atoms. The molecule has 1 aliphatic heterocycles. The van der Waals surface area contributed by atoms with Gasteiger partial charge in [-0.25, -0.2) is 4.99 Å². The zero-order chi connectivity index (χ0) is 19.0. The van der Waals surface area contributed by atoms with E-state index >= 15 is 0 Å². The summed E-state index contributed by atoms with van der Waals surface area (Å²) in [7, 11) is 0. The number of aromatic nitrogens is 1. The number of fused-ring (bicyclic) bond motifs is 1. The number of nitro groups is 1. The summed E-state index contributed by atoms with van der Waals surface area (Å²) in [6, 6.07) is 14.1. The second-order valence-electron chi connectivity index (χ2n) is 5.94. The summed E-state index contributed by atoms with van der Waals surface area (Å²) < 4.78 is 3.12. The van der Waals surface area contributed by atoms with Gasteiger partial charge in [-0.05, 0) is 35.9 Å². The maximum atomic E-state index is 12.8. The molecule has 4 rings (SSSR count). The molecule has 0 atom stereocenters. The van der Waals surface area contributed by atoms with Crippen molar-refractivity contribution in [3.63, 3.8) is 0 Å². The highest BCUT2D eigenvalue weighted by atomic mass is 79.9. The summed E-state index contributed by atoms with van der Waals surface area (Å²) in [5, 5.41) is 10.9. The smallest absolute Gasteiger partial charge is 0.271 e. The molecule has 2 heterocycles. The van der Waals surface area contributed by atoms with Crippen molar-refractivity contribution >= 4 is 44.7 Å². The van der Waals surface area contributed by atoms with Crippen molar-refractivity contribution in [2.75, 3.05) is 11.6 Å². The van der Waals surface area contributed by atoms with Crippen molar-refractivity contribution in [1.29, 1.82) is 0 Å². The van der Waals surface area contributed by atoms with E-state index in [1.54, 1.807) is 22.8 Å². The zero-order valence-electron chi connectivity index (χ0n) is 13.9. The van der Waals surface area contributed by atoms with Crippen molar-refractivity contribution in [1.82, 2.24) is 4.57 Å². The van der Waals surface area contributed by atoms with Gasteiger partial charge in [0, 0.05) is 22.3 Å². The number of hydrogen-bond acceptors (Lipinski definition) is 6. The van der Waals surface area contributed by atoms with Crippen LogP contribution in [0.1, 0.15) is 5.56 Å². The number of benzene rings is 2. The average Bonchev–Trinajstić information content (AvgIpc) is 2.98. The lowest BCUT2D eigenvalue weighted by Gasteiger charge is -2.25. The number of halogens is 1. The SMILES string of the molecule is O=c1/c(=C\c2cccc([N+](=O)[O-])c2)sc2n1CN(c1ccc(Br)cc1)CN=2. The Morgan fingerprint density at radius 3 is 2.74 bits per heavy atom. The van der Waals surface area contributed by atoms with Gasteiger partial charge in [-0.3, -0.25) is 19.5 Å². The number of non-ortho nitro benzene ring substituents is 1. The predicted molar refractivity (Wildman–Crippen MR) is 108 cm³/mol. The molecule has 1 aliphatic rings. The molecule has 0 N–H and O–H groups in total. The standard InChI is InChI=1S/C18H13BrN4O3S/c19-13-4-6-14(7-5-13)21-10-20-18-22(11-21)17(24)16(27-18)9-12-2-1-3-15(8-12)23(25)26/h1-9H,10-11H2/b16-9+. The molecule has 27 heavy (non-hydrogen) atoms. The number of nitro benzene ring substituents is 1. The first-order chi connectivity index (χ1) is 13.0. The van der Waals surface area contributed by atoms with E-state index in [9.17, 15) is 14.9 Å². The minimum Gasteiger partial charge on any atom is -0.334 e. The zero-order valence-corrected chi connectivity index (χ0v) is 16.3. The lowest BCUT2D eigenvalue weighted by molar-refractivity contribution is -0.384. The van der Waals surface area contributed by atoms with Gasteiger partial charge in [0.25, 0.3) is 11.2 Å². The molecular formula is C18H13BrN4O3S. The summed E-state index contributed by atoms with van der Waals surface area (Å²) >= 11 is 4.71. The number of anilines is 1. The number of hydrogen-bond donors (Lipinski definition) is 0. The molecule has 0 fully saturated rings. The predicted octanol–water partition coefficient (Wildman–Crippen LogP) is 2.46. The van der Waals surface area contributed by atoms with Crippen molar-refractivity contribution in [3.8, 4) is 0 Å². The molecule has 0 aliphatic carbocycles.